The number of nitrogens with zero attached hydrogens (tertiary/aromatic N) is 1. The number of carboxylic acid groups (broad SMARTS) is 1. The lowest BCUT2D eigenvalue weighted by Gasteiger charge is -2.15. The molecule has 0 aliphatic heterocycles. The van der Waals surface area contributed by atoms with Gasteiger partial charge in [-0.1, -0.05) is 30.3 Å². The first-order chi connectivity index (χ1) is 9.49. The Morgan fingerprint density at radius 3 is 2.45 bits per heavy atom. The van der Waals surface area contributed by atoms with Crippen molar-refractivity contribution in [2.24, 2.45) is 7.05 Å². The Hall–Kier alpha value is -2.08. The van der Waals surface area contributed by atoms with Gasteiger partial charge in [-0.15, -0.1) is 0 Å². The number of benzene rings is 1. The third-order valence-corrected chi connectivity index (χ3v) is 3.29. The van der Waals surface area contributed by atoms with E-state index in [2.05, 4.69) is 21.2 Å². The highest BCUT2D eigenvalue weighted by Gasteiger charge is 2.23. The maximum atomic E-state index is 12.2. The number of amides is 1. The Kier molecular flexibility index (Phi) is 4.24. The Labute approximate surface area is 124 Å². The summed E-state index contributed by atoms with van der Waals surface area (Å²) < 4.78 is 2.39. The van der Waals surface area contributed by atoms with E-state index in [4.69, 9.17) is 0 Å². The first kappa shape index (κ1) is 14.3. The zero-order valence-corrected chi connectivity index (χ0v) is 12.3. The van der Waals surface area contributed by atoms with Gasteiger partial charge in [-0.2, -0.15) is 0 Å². The topological polar surface area (TPSA) is 71.3 Å². The summed E-state index contributed by atoms with van der Waals surface area (Å²) in [5.74, 6) is -1.53. The number of aromatic nitrogens is 1. The van der Waals surface area contributed by atoms with Crippen molar-refractivity contribution in [1.29, 1.82) is 0 Å². The molecule has 1 aromatic heterocycles. The second-order valence-electron chi connectivity index (χ2n) is 4.31. The summed E-state index contributed by atoms with van der Waals surface area (Å²) in [5, 5.41) is 11.8. The summed E-state index contributed by atoms with van der Waals surface area (Å²) in [7, 11) is 1.72. The highest BCUT2D eigenvalue weighted by molar-refractivity contribution is 9.10. The lowest BCUT2D eigenvalue weighted by Crippen LogP contribution is -2.34. The van der Waals surface area contributed by atoms with Crippen LogP contribution >= 0.6 is 15.9 Å². The van der Waals surface area contributed by atoms with Crippen LogP contribution in [0.1, 0.15) is 22.1 Å². The maximum absolute atomic E-state index is 12.2. The van der Waals surface area contributed by atoms with Crippen molar-refractivity contribution in [3.63, 3.8) is 0 Å². The Bertz CT molecular complexity index is 637. The van der Waals surface area contributed by atoms with E-state index in [9.17, 15) is 14.7 Å². The van der Waals surface area contributed by atoms with Crippen molar-refractivity contribution in [2.75, 3.05) is 0 Å². The number of rotatable bonds is 4. The van der Waals surface area contributed by atoms with E-state index in [1.807, 2.05) is 0 Å². The monoisotopic (exact) mass is 336 g/mol. The largest absolute Gasteiger partial charge is 0.479 e. The van der Waals surface area contributed by atoms with E-state index in [1.165, 1.54) is 0 Å². The second kappa shape index (κ2) is 5.92. The molecule has 0 aliphatic rings. The molecule has 2 aromatic rings. The van der Waals surface area contributed by atoms with Crippen LogP contribution in [0, 0.1) is 0 Å². The van der Waals surface area contributed by atoms with Crippen LogP contribution in [0.15, 0.2) is 47.1 Å². The van der Waals surface area contributed by atoms with Crippen molar-refractivity contribution >= 4 is 27.8 Å². The first-order valence-corrected chi connectivity index (χ1v) is 6.69. The van der Waals surface area contributed by atoms with Crippen molar-refractivity contribution in [2.45, 2.75) is 6.04 Å². The molecule has 0 spiro atoms. The molecular weight excluding hydrogens is 324 g/mol. The van der Waals surface area contributed by atoms with E-state index in [0.717, 1.165) is 4.47 Å². The first-order valence-electron chi connectivity index (χ1n) is 5.89. The van der Waals surface area contributed by atoms with Gasteiger partial charge < -0.3 is 15.0 Å². The van der Waals surface area contributed by atoms with Gasteiger partial charge in [0, 0.05) is 17.7 Å². The molecule has 5 nitrogen and oxygen atoms in total. The molecule has 0 radical (unpaired) electrons. The molecule has 1 heterocycles. The number of hydrogen-bond acceptors (Lipinski definition) is 2. The van der Waals surface area contributed by atoms with Crippen LogP contribution in [0.3, 0.4) is 0 Å². The third kappa shape index (κ3) is 3.08. The highest BCUT2D eigenvalue weighted by Crippen LogP contribution is 2.17. The van der Waals surface area contributed by atoms with Crippen molar-refractivity contribution < 1.29 is 14.7 Å². The molecule has 0 aliphatic carbocycles. The fraction of sp³-hybridized carbons (Fsp3) is 0.143. The summed E-state index contributed by atoms with van der Waals surface area (Å²) in [5.41, 5.74) is 0.917. The summed E-state index contributed by atoms with van der Waals surface area (Å²) in [4.78, 5) is 23.5. The quantitative estimate of drug-likeness (QED) is 0.900. The van der Waals surface area contributed by atoms with Crippen LogP contribution in [0.4, 0.5) is 0 Å². The summed E-state index contributed by atoms with van der Waals surface area (Å²) >= 11 is 3.27. The smallest absolute Gasteiger partial charge is 0.330 e. The molecule has 1 amide bonds. The molecule has 0 saturated carbocycles. The number of carbonyl (C=O) groups is 2. The molecule has 0 fully saturated rings. The lowest BCUT2D eigenvalue weighted by atomic mass is 10.1. The number of carboxylic acids is 1. The average Bonchev–Trinajstić information content (AvgIpc) is 2.75. The van der Waals surface area contributed by atoms with E-state index >= 15 is 0 Å². The molecule has 2 N–H and O–H groups in total. The number of aliphatic carboxylic acids is 1. The number of hydrogen-bond donors (Lipinski definition) is 2. The zero-order valence-electron chi connectivity index (χ0n) is 10.7. The summed E-state index contributed by atoms with van der Waals surface area (Å²) in [6, 6.07) is 9.16. The number of carbonyl (C=O) groups excluding carboxylic acids is 1. The van der Waals surface area contributed by atoms with Crippen LogP contribution in [0.5, 0.6) is 0 Å². The number of aryl methyl sites for hydroxylation is 1. The van der Waals surface area contributed by atoms with E-state index in [0.29, 0.717) is 11.3 Å². The van der Waals surface area contributed by atoms with E-state index in [1.54, 1.807) is 54.2 Å². The van der Waals surface area contributed by atoms with Crippen LogP contribution in [0.25, 0.3) is 0 Å². The van der Waals surface area contributed by atoms with Gasteiger partial charge in [0.1, 0.15) is 5.69 Å². The van der Waals surface area contributed by atoms with Crippen molar-refractivity contribution in [1.82, 2.24) is 9.88 Å². The lowest BCUT2D eigenvalue weighted by molar-refractivity contribution is -0.139. The molecule has 2 rings (SSSR count). The van der Waals surface area contributed by atoms with Crippen LogP contribution in [0.2, 0.25) is 0 Å². The van der Waals surface area contributed by atoms with Gasteiger partial charge in [0.2, 0.25) is 0 Å². The number of halogens is 1. The number of nitrogens with one attached hydrogen (secondary N) is 1. The predicted octanol–water partition coefficient (Wildman–Crippen LogP) is 2.34. The Balaban J connectivity index is 2.23. The fourth-order valence-electron chi connectivity index (χ4n) is 1.89. The average molecular weight is 337 g/mol. The minimum Gasteiger partial charge on any atom is -0.479 e. The summed E-state index contributed by atoms with van der Waals surface area (Å²) in [6.07, 6.45) is 1.73. The van der Waals surface area contributed by atoms with Gasteiger partial charge >= 0.3 is 5.97 Å². The van der Waals surface area contributed by atoms with Crippen LogP contribution in [-0.2, 0) is 11.8 Å². The zero-order chi connectivity index (χ0) is 14.7. The van der Waals surface area contributed by atoms with Crippen molar-refractivity contribution in [3.8, 4) is 0 Å². The van der Waals surface area contributed by atoms with Gasteiger partial charge in [-0.25, -0.2) is 4.79 Å². The highest BCUT2D eigenvalue weighted by atomic mass is 79.9. The molecule has 0 saturated heterocycles. The van der Waals surface area contributed by atoms with Crippen molar-refractivity contribution in [3.05, 3.63) is 58.3 Å². The van der Waals surface area contributed by atoms with Gasteiger partial charge in [0.25, 0.3) is 5.91 Å². The molecule has 0 unspecified atom stereocenters. The molecule has 0 bridgehead atoms. The van der Waals surface area contributed by atoms with Crippen LogP contribution < -0.4 is 5.32 Å². The Morgan fingerprint density at radius 1 is 1.30 bits per heavy atom. The molecule has 6 heteroatoms. The molecule has 1 atom stereocenters. The van der Waals surface area contributed by atoms with E-state index < -0.39 is 17.9 Å². The molecule has 1 aromatic carbocycles. The molecule has 104 valence electrons. The van der Waals surface area contributed by atoms with Gasteiger partial charge in [-0.05, 0) is 27.6 Å². The molecular formula is C14H13BrN2O3. The molecule has 20 heavy (non-hydrogen) atoms. The standard InChI is InChI=1S/C14H13BrN2O3/c1-17-8-10(15)7-11(17)13(18)16-12(14(19)20)9-5-3-2-4-6-9/h2-8,12H,1H3,(H,16,18)(H,19,20)/t12-/m0/s1. The minimum absolute atomic E-state index is 0.388. The van der Waals surface area contributed by atoms with Gasteiger partial charge in [0.15, 0.2) is 6.04 Å². The third-order valence-electron chi connectivity index (χ3n) is 2.86. The summed E-state index contributed by atoms with van der Waals surface area (Å²) in [6.45, 7) is 0. The second-order valence-corrected chi connectivity index (χ2v) is 5.23. The van der Waals surface area contributed by atoms with Crippen LogP contribution in [-0.4, -0.2) is 21.6 Å². The SMILES string of the molecule is Cn1cc(Br)cc1C(=O)N[C@H](C(=O)O)c1ccccc1. The van der Waals surface area contributed by atoms with Gasteiger partial charge in [0.05, 0.1) is 0 Å². The van der Waals surface area contributed by atoms with E-state index in [-0.39, 0.29) is 0 Å². The fourth-order valence-corrected chi connectivity index (χ4v) is 2.41. The minimum atomic E-state index is -1.10. The van der Waals surface area contributed by atoms with Gasteiger partial charge in [-0.3, -0.25) is 4.79 Å². The normalized spacial score (nSPS) is 11.9. The Morgan fingerprint density at radius 2 is 1.95 bits per heavy atom. The maximum Gasteiger partial charge on any atom is 0.330 e. The predicted molar refractivity (Wildman–Crippen MR) is 77.4 cm³/mol.